The van der Waals surface area contributed by atoms with E-state index in [-0.39, 0.29) is 0 Å². The Morgan fingerprint density at radius 2 is 2.14 bits per heavy atom. The van der Waals surface area contributed by atoms with Crippen LogP contribution in [-0.2, 0) is 0 Å². The predicted molar refractivity (Wildman–Crippen MR) is 38.6 cm³/mol. The molecule has 0 aromatic carbocycles. The van der Waals surface area contributed by atoms with Gasteiger partial charge in [0.2, 0.25) is 0 Å². The highest BCUT2D eigenvalue weighted by molar-refractivity contribution is 6.48. The summed E-state index contributed by atoms with van der Waals surface area (Å²) in [5.74, 6) is 0. The van der Waals surface area contributed by atoms with Crippen molar-refractivity contribution in [3.63, 3.8) is 0 Å². The van der Waals surface area contributed by atoms with Crippen molar-refractivity contribution in [3.8, 4) is 0 Å². The summed E-state index contributed by atoms with van der Waals surface area (Å²) in [7, 11) is 0.642. The Hall–Kier alpha value is 0.0869. The molecule has 0 aromatic rings. The second-order valence-corrected chi connectivity index (χ2v) is 4.27. The molecule has 0 radical (unpaired) electrons. The smallest absolute Gasteiger partial charge is 0.00918 e. The zero-order chi connectivity index (χ0) is 5.70. The highest BCUT2D eigenvalue weighted by Crippen LogP contribution is 1.89. The van der Waals surface area contributed by atoms with E-state index in [1.54, 1.807) is 0 Å². The molecule has 1 heteroatoms. The molecule has 0 unspecified atom stereocenters. The molecule has 0 fully saturated rings. The Balaban J connectivity index is 3.08. The Kier molecular flexibility index (Phi) is 4.30. The third kappa shape index (κ3) is 6.09. The normalized spacial score (nSPS) is 11.4. The van der Waals surface area contributed by atoms with E-state index in [1.165, 1.54) is 6.42 Å². The highest BCUT2D eigenvalue weighted by Gasteiger charge is 1.79. The standard InChI is InChI=1S/C6H14Si/c1-4-5-7-6(2)3/h5-7H,4H2,1-3H3. The first-order chi connectivity index (χ1) is 3.27. The van der Waals surface area contributed by atoms with Crippen molar-refractivity contribution in [2.24, 2.45) is 0 Å². The molecule has 0 saturated carbocycles. The Bertz CT molecular complexity index is 55.2. The summed E-state index contributed by atoms with van der Waals surface area (Å²) in [5, 5.41) is 0. The van der Waals surface area contributed by atoms with Crippen LogP contribution in [0.2, 0.25) is 5.54 Å². The third-order valence-electron chi connectivity index (χ3n) is 0.757. The lowest BCUT2D eigenvalue weighted by molar-refractivity contribution is 1.07. The van der Waals surface area contributed by atoms with Gasteiger partial charge in [0.1, 0.15) is 0 Å². The topological polar surface area (TPSA) is 0 Å². The van der Waals surface area contributed by atoms with Gasteiger partial charge < -0.3 is 0 Å². The summed E-state index contributed by atoms with van der Waals surface area (Å²) >= 11 is 0. The SMILES string of the molecule is CCC=[SiH]C(C)C. The van der Waals surface area contributed by atoms with Gasteiger partial charge in [0, 0.05) is 0 Å². The van der Waals surface area contributed by atoms with E-state index in [0.29, 0.717) is 9.13 Å². The maximum Gasteiger partial charge on any atom is -0.00918 e. The summed E-state index contributed by atoms with van der Waals surface area (Å²) in [6.45, 7) is 6.76. The molecule has 0 amide bonds. The Morgan fingerprint density at radius 3 is 2.29 bits per heavy atom. The first kappa shape index (κ1) is 7.09. The summed E-state index contributed by atoms with van der Waals surface area (Å²) in [4.78, 5) is 0. The average molecular weight is 114 g/mol. The fraction of sp³-hybridized carbons (Fsp3) is 0.833. The lowest BCUT2D eigenvalue weighted by Gasteiger charge is -1.88. The van der Waals surface area contributed by atoms with Crippen molar-refractivity contribution < 1.29 is 0 Å². The molecule has 7 heavy (non-hydrogen) atoms. The summed E-state index contributed by atoms with van der Waals surface area (Å²) in [6.07, 6.45) is 1.26. The van der Waals surface area contributed by atoms with Gasteiger partial charge >= 0.3 is 0 Å². The van der Waals surface area contributed by atoms with Crippen LogP contribution in [0.1, 0.15) is 27.2 Å². The van der Waals surface area contributed by atoms with Crippen molar-refractivity contribution in [3.05, 3.63) is 0 Å². The van der Waals surface area contributed by atoms with Gasteiger partial charge in [-0.25, -0.2) is 0 Å². The van der Waals surface area contributed by atoms with Crippen LogP contribution in [0.15, 0.2) is 0 Å². The number of rotatable bonds is 2. The molecule has 0 spiro atoms. The fourth-order valence-electron chi connectivity index (χ4n) is 0.408. The van der Waals surface area contributed by atoms with Gasteiger partial charge in [0.05, 0.1) is 0 Å². The molecular formula is C6H14Si. The number of hydrogen-bond acceptors (Lipinski definition) is 0. The van der Waals surface area contributed by atoms with Gasteiger partial charge in [-0.3, -0.25) is 0 Å². The maximum atomic E-state index is 2.41. The summed E-state index contributed by atoms with van der Waals surface area (Å²) < 4.78 is 0. The lowest BCUT2D eigenvalue weighted by Crippen LogP contribution is -1.86. The summed E-state index contributed by atoms with van der Waals surface area (Å²) in [6, 6.07) is 0. The average Bonchev–Trinajstić information content (AvgIpc) is 1.61. The molecule has 0 saturated heterocycles. The van der Waals surface area contributed by atoms with Crippen LogP contribution in [0.4, 0.5) is 0 Å². The molecule has 0 nitrogen and oxygen atoms in total. The van der Waals surface area contributed by atoms with E-state index in [9.17, 15) is 0 Å². The van der Waals surface area contributed by atoms with Crippen LogP contribution in [-0.4, -0.2) is 14.8 Å². The third-order valence-corrected chi connectivity index (χ3v) is 2.27. The van der Waals surface area contributed by atoms with Crippen LogP contribution in [0.5, 0.6) is 0 Å². The minimum absolute atomic E-state index is 0.642. The lowest BCUT2D eigenvalue weighted by atomic mass is 10.6. The molecule has 0 bridgehead atoms. The molecule has 0 atom stereocenters. The van der Waals surface area contributed by atoms with Crippen LogP contribution >= 0.6 is 0 Å². The first-order valence-electron chi connectivity index (χ1n) is 2.94. The van der Waals surface area contributed by atoms with E-state index in [2.05, 4.69) is 26.4 Å². The largest absolute Gasteiger partial charge is 0.106 e. The minimum Gasteiger partial charge on any atom is -0.106 e. The number of hydrogen-bond donors (Lipinski definition) is 0. The Labute approximate surface area is 48.4 Å². The fourth-order valence-corrected chi connectivity index (χ4v) is 1.22. The van der Waals surface area contributed by atoms with Gasteiger partial charge in [-0.2, -0.15) is 0 Å². The van der Waals surface area contributed by atoms with Crippen molar-refractivity contribution in [2.75, 3.05) is 0 Å². The van der Waals surface area contributed by atoms with Crippen molar-refractivity contribution in [1.82, 2.24) is 0 Å². The monoisotopic (exact) mass is 114 g/mol. The molecule has 0 aliphatic heterocycles. The molecule has 0 aromatic heterocycles. The van der Waals surface area contributed by atoms with Gasteiger partial charge in [-0.1, -0.05) is 20.8 Å². The van der Waals surface area contributed by atoms with Crippen LogP contribution < -0.4 is 0 Å². The van der Waals surface area contributed by atoms with Crippen molar-refractivity contribution >= 4 is 14.8 Å². The van der Waals surface area contributed by atoms with E-state index in [4.69, 9.17) is 0 Å². The second kappa shape index (κ2) is 4.25. The highest BCUT2D eigenvalue weighted by atomic mass is 28.2. The van der Waals surface area contributed by atoms with Crippen LogP contribution in [0, 0.1) is 0 Å². The van der Waals surface area contributed by atoms with Gasteiger partial charge in [0.25, 0.3) is 0 Å². The molecule has 42 valence electrons. The molecule has 0 aliphatic rings. The maximum absolute atomic E-state index is 2.41. The van der Waals surface area contributed by atoms with E-state index >= 15 is 0 Å². The van der Waals surface area contributed by atoms with E-state index in [0.717, 1.165) is 5.54 Å². The Morgan fingerprint density at radius 1 is 1.57 bits per heavy atom. The van der Waals surface area contributed by atoms with Crippen LogP contribution in [0.25, 0.3) is 0 Å². The van der Waals surface area contributed by atoms with E-state index in [1.807, 2.05) is 0 Å². The van der Waals surface area contributed by atoms with Crippen molar-refractivity contribution in [1.29, 1.82) is 0 Å². The van der Waals surface area contributed by atoms with Crippen molar-refractivity contribution in [2.45, 2.75) is 32.7 Å². The second-order valence-electron chi connectivity index (χ2n) is 2.08. The molecule has 0 aliphatic carbocycles. The molecule has 0 heterocycles. The zero-order valence-electron chi connectivity index (χ0n) is 5.44. The van der Waals surface area contributed by atoms with Gasteiger partial charge in [-0.15, -0.1) is 5.67 Å². The van der Waals surface area contributed by atoms with Crippen LogP contribution in [0.3, 0.4) is 0 Å². The quantitative estimate of drug-likeness (QED) is 0.477. The van der Waals surface area contributed by atoms with E-state index < -0.39 is 0 Å². The molecule has 0 rings (SSSR count). The summed E-state index contributed by atoms with van der Waals surface area (Å²) in [5.41, 5.74) is 3.34. The zero-order valence-corrected chi connectivity index (χ0v) is 6.59. The van der Waals surface area contributed by atoms with Gasteiger partial charge in [-0.05, 0) is 21.1 Å². The molecule has 0 N–H and O–H groups in total. The molecular weight excluding hydrogens is 100 g/mol. The minimum atomic E-state index is 0.642. The predicted octanol–water partition coefficient (Wildman–Crippen LogP) is 1.46. The first-order valence-corrected chi connectivity index (χ1v) is 4.27. The van der Waals surface area contributed by atoms with Gasteiger partial charge in [0.15, 0.2) is 0 Å².